The molecule has 0 amide bonds. The van der Waals surface area contributed by atoms with Crippen LogP contribution in [0.5, 0.6) is 0 Å². The Bertz CT molecular complexity index is 519. The minimum Gasteiger partial charge on any atom is -0.339 e. The molecule has 118 valence electrons. The van der Waals surface area contributed by atoms with Gasteiger partial charge in [-0.15, -0.1) is 5.10 Å². The third-order valence-electron chi connectivity index (χ3n) is 6.34. The van der Waals surface area contributed by atoms with Gasteiger partial charge in [-0.2, -0.15) is 4.98 Å². The van der Waals surface area contributed by atoms with Crippen molar-refractivity contribution in [3.63, 3.8) is 0 Å². The predicted octanol–water partition coefficient (Wildman–Crippen LogP) is 2.52. The van der Waals surface area contributed by atoms with Crippen LogP contribution < -0.4 is 10.6 Å². The number of hydrogen-bond acceptors (Lipinski definition) is 4. The molecule has 1 aliphatic heterocycles. The molecule has 0 radical (unpaired) electrons. The van der Waals surface area contributed by atoms with E-state index in [1.54, 1.807) is 0 Å². The van der Waals surface area contributed by atoms with E-state index in [9.17, 15) is 0 Å². The van der Waals surface area contributed by atoms with Crippen molar-refractivity contribution in [3.8, 4) is 0 Å². The van der Waals surface area contributed by atoms with Gasteiger partial charge in [-0.05, 0) is 35.6 Å². The molecule has 1 saturated carbocycles. The van der Waals surface area contributed by atoms with Gasteiger partial charge >= 0.3 is 0 Å². The number of H-pyrrole nitrogens is 1. The van der Waals surface area contributed by atoms with E-state index in [1.807, 2.05) is 0 Å². The fourth-order valence-electron chi connectivity index (χ4n) is 4.07. The maximum atomic E-state index is 5.94. The summed E-state index contributed by atoms with van der Waals surface area (Å²) in [6.07, 6.45) is 2.36. The molecule has 2 aliphatic rings. The van der Waals surface area contributed by atoms with Gasteiger partial charge in [-0.3, -0.25) is 5.10 Å². The van der Waals surface area contributed by atoms with Crippen molar-refractivity contribution in [2.45, 2.75) is 53.4 Å². The molecule has 1 atom stereocenters. The summed E-state index contributed by atoms with van der Waals surface area (Å²) in [6.45, 7) is 14.2. The van der Waals surface area contributed by atoms with Crippen molar-refractivity contribution in [3.05, 3.63) is 5.82 Å². The van der Waals surface area contributed by atoms with Crippen LogP contribution in [0.15, 0.2) is 0 Å². The number of aromatic nitrogens is 3. The fraction of sp³-hybridized carbons (Fsp3) is 0.875. The van der Waals surface area contributed by atoms with Crippen LogP contribution in [0.1, 0.15) is 59.2 Å². The van der Waals surface area contributed by atoms with Crippen LogP contribution in [0, 0.1) is 16.2 Å². The predicted molar refractivity (Wildman–Crippen MR) is 85.3 cm³/mol. The first-order valence-corrected chi connectivity index (χ1v) is 8.09. The van der Waals surface area contributed by atoms with Crippen LogP contribution in [0.25, 0.3) is 0 Å². The molecule has 0 spiro atoms. The van der Waals surface area contributed by atoms with Gasteiger partial charge < -0.3 is 10.6 Å². The van der Waals surface area contributed by atoms with Crippen LogP contribution in [0.2, 0.25) is 0 Å². The lowest BCUT2D eigenvalue weighted by Gasteiger charge is -2.39. The zero-order valence-electron chi connectivity index (χ0n) is 14.0. The first kappa shape index (κ1) is 14.8. The molecule has 0 bridgehead atoms. The van der Waals surface area contributed by atoms with E-state index in [0.29, 0.717) is 5.92 Å². The second-order valence-electron chi connectivity index (χ2n) is 8.44. The second kappa shape index (κ2) is 4.45. The van der Waals surface area contributed by atoms with Crippen molar-refractivity contribution in [1.29, 1.82) is 0 Å². The number of nitrogens with two attached hydrogens (primary N) is 1. The number of nitrogens with one attached hydrogen (secondary N) is 1. The molecule has 1 unspecified atom stereocenters. The summed E-state index contributed by atoms with van der Waals surface area (Å²) < 4.78 is 0. The summed E-state index contributed by atoms with van der Waals surface area (Å²) in [4.78, 5) is 7.10. The van der Waals surface area contributed by atoms with Crippen LogP contribution in [-0.2, 0) is 0 Å². The van der Waals surface area contributed by atoms with Gasteiger partial charge in [0, 0.05) is 19.0 Å². The summed E-state index contributed by atoms with van der Waals surface area (Å²) in [5.74, 6) is 2.36. The Kier molecular flexibility index (Phi) is 3.14. The highest BCUT2D eigenvalue weighted by molar-refractivity contribution is 5.34. The summed E-state index contributed by atoms with van der Waals surface area (Å²) >= 11 is 0. The molecule has 5 nitrogen and oxygen atoms in total. The van der Waals surface area contributed by atoms with Crippen LogP contribution >= 0.6 is 0 Å². The monoisotopic (exact) mass is 291 g/mol. The maximum Gasteiger partial charge on any atom is 0.244 e. The summed E-state index contributed by atoms with van der Waals surface area (Å²) in [5.41, 5.74) is 6.71. The van der Waals surface area contributed by atoms with Crippen molar-refractivity contribution in [2.24, 2.45) is 22.0 Å². The lowest BCUT2D eigenvalue weighted by molar-refractivity contribution is 0.270. The van der Waals surface area contributed by atoms with Crippen molar-refractivity contribution < 1.29 is 0 Å². The van der Waals surface area contributed by atoms with E-state index in [-0.39, 0.29) is 16.2 Å². The second-order valence-corrected chi connectivity index (χ2v) is 8.44. The molecule has 1 aromatic heterocycles. The van der Waals surface area contributed by atoms with Crippen molar-refractivity contribution >= 4 is 5.95 Å². The first-order valence-electron chi connectivity index (χ1n) is 8.09. The van der Waals surface area contributed by atoms with Crippen LogP contribution in [0.4, 0.5) is 5.95 Å². The van der Waals surface area contributed by atoms with Crippen molar-refractivity contribution in [1.82, 2.24) is 15.2 Å². The van der Waals surface area contributed by atoms with Gasteiger partial charge in [0.2, 0.25) is 5.95 Å². The molecule has 2 heterocycles. The summed E-state index contributed by atoms with van der Waals surface area (Å²) in [5, 5.41) is 7.67. The van der Waals surface area contributed by atoms with Gasteiger partial charge in [0.05, 0.1) is 0 Å². The Morgan fingerprint density at radius 2 is 1.90 bits per heavy atom. The van der Waals surface area contributed by atoms with Gasteiger partial charge in [0.25, 0.3) is 0 Å². The van der Waals surface area contributed by atoms with Gasteiger partial charge in [-0.1, -0.05) is 34.6 Å². The Balaban J connectivity index is 1.77. The summed E-state index contributed by atoms with van der Waals surface area (Å²) in [7, 11) is 0. The minimum absolute atomic E-state index is 0.192. The lowest BCUT2D eigenvalue weighted by atomic mass is 9.82. The molecule has 1 aliphatic carbocycles. The van der Waals surface area contributed by atoms with E-state index in [4.69, 9.17) is 10.7 Å². The molecule has 21 heavy (non-hydrogen) atoms. The maximum absolute atomic E-state index is 5.94. The third kappa shape index (κ3) is 2.17. The molecule has 1 saturated heterocycles. The zero-order chi connectivity index (χ0) is 15.5. The largest absolute Gasteiger partial charge is 0.339 e. The molecule has 5 heteroatoms. The molecular weight excluding hydrogens is 262 g/mol. The Labute approximate surface area is 127 Å². The normalized spacial score (nSPS) is 31.4. The van der Waals surface area contributed by atoms with E-state index in [1.165, 1.54) is 6.42 Å². The number of aromatic amines is 1. The Hall–Kier alpha value is -1.10. The number of rotatable bonds is 3. The Morgan fingerprint density at radius 1 is 1.24 bits per heavy atom. The average Bonchev–Trinajstić information content (AvgIpc) is 2.77. The first-order chi connectivity index (χ1) is 9.71. The average molecular weight is 291 g/mol. The zero-order valence-corrected chi connectivity index (χ0v) is 14.0. The highest BCUT2D eigenvalue weighted by Crippen LogP contribution is 2.73. The molecule has 3 rings (SSSR count). The number of piperidine rings is 1. The molecular formula is C16H29N5. The molecule has 3 N–H and O–H groups in total. The molecule has 2 fully saturated rings. The lowest BCUT2D eigenvalue weighted by Crippen LogP contribution is -2.46. The molecule has 1 aromatic rings. The highest BCUT2D eigenvalue weighted by atomic mass is 15.4. The van der Waals surface area contributed by atoms with Gasteiger partial charge in [0.1, 0.15) is 5.82 Å². The standard InChI is InChI=1S/C16H29N5/c1-14(2)11(15(14,3)4)12-18-13(20-19-12)21-8-6-7-16(5,9-17)10-21/h11H,6-10,17H2,1-5H3,(H,18,19,20). The van der Waals surface area contributed by atoms with E-state index in [2.05, 4.69) is 49.7 Å². The van der Waals surface area contributed by atoms with E-state index >= 15 is 0 Å². The van der Waals surface area contributed by atoms with E-state index in [0.717, 1.165) is 37.8 Å². The number of nitrogens with zero attached hydrogens (tertiary/aromatic N) is 3. The minimum atomic E-state index is 0.192. The SMILES string of the molecule is CC1(CN)CCCN(c2n[nH]c(C3C(C)(C)C3(C)C)n2)C1. The molecule has 0 aromatic carbocycles. The van der Waals surface area contributed by atoms with Gasteiger partial charge in [0.15, 0.2) is 0 Å². The highest BCUT2D eigenvalue weighted by Gasteiger charge is 2.66. The summed E-state index contributed by atoms with van der Waals surface area (Å²) in [6, 6.07) is 0. The topological polar surface area (TPSA) is 70.8 Å². The Morgan fingerprint density at radius 3 is 2.48 bits per heavy atom. The van der Waals surface area contributed by atoms with Gasteiger partial charge in [-0.25, -0.2) is 0 Å². The smallest absolute Gasteiger partial charge is 0.244 e. The quantitative estimate of drug-likeness (QED) is 0.897. The fourth-order valence-corrected chi connectivity index (χ4v) is 4.07. The van der Waals surface area contributed by atoms with E-state index < -0.39 is 0 Å². The number of hydrogen-bond donors (Lipinski definition) is 2. The number of anilines is 1. The van der Waals surface area contributed by atoms with Crippen molar-refractivity contribution in [2.75, 3.05) is 24.5 Å². The van der Waals surface area contributed by atoms with Crippen LogP contribution in [-0.4, -0.2) is 34.8 Å². The third-order valence-corrected chi connectivity index (χ3v) is 6.34. The van der Waals surface area contributed by atoms with Crippen LogP contribution in [0.3, 0.4) is 0 Å².